The Bertz CT molecular complexity index is 120. The molecule has 0 aromatic carbocycles. The van der Waals surface area contributed by atoms with Gasteiger partial charge < -0.3 is 10.0 Å². The molecule has 0 bridgehead atoms. The molecular formula is C6H12N2O. The van der Waals surface area contributed by atoms with Crippen molar-refractivity contribution in [3.8, 4) is 6.19 Å². The summed E-state index contributed by atoms with van der Waals surface area (Å²) in [7, 11) is 1.64. The van der Waals surface area contributed by atoms with Crippen LogP contribution in [0.4, 0.5) is 0 Å². The minimum Gasteiger partial charge on any atom is -0.389 e. The maximum atomic E-state index is 9.13. The maximum absolute atomic E-state index is 9.13. The molecule has 0 aliphatic heterocycles. The van der Waals surface area contributed by atoms with E-state index >= 15 is 0 Å². The van der Waals surface area contributed by atoms with Gasteiger partial charge in [-0.1, -0.05) is 0 Å². The first-order chi connectivity index (χ1) is 3.95. The quantitative estimate of drug-likeness (QED) is 0.426. The fourth-order valence-corrected chi connectivity index (χ4v) is 0.616. The standard InChI is InChI=1S/C6H12N2O/c1-6(2,9)4-8(3)5-7/h9H,4H2,1-3H3. The van der Waals surface area contributed by atoms with Crippen LogP contribution in [-0.2, 0) is 0 Å². The molecule has 0 atom stereocenters. The Hall–Kier alpha value is -0.750. The second-order valence-corrected chi connectivity index (χ2v) is 2.77. The van der Waals surface area contributed by atoms with Crippen LogP contribution in [0.15, 0.2) is 0 Å². The van der Waals surface area contributed by atoms with Gasteiger partial charge in [0.1, 0.15) is 0 Å². The number of nitrogens with zero attached hydrogens (tertiary/aromatic N) is 2. The number of hydrogen-bond acceptors (Lipinski definition) is 3. The molecule has 0 aromatic heterocycles. The molecule has 0 aliphatic carbocycles. The maximum Gasteiger partial charge on any atom is 0.179 e. The highest BCUT2D eigenvalue weighted by Crippen LogP contribution is 2.00. The third-order valence-electron chi connectivity index (χ3n) is 0.795. The van der Waals surface area contributed by atoms with Crippen LogP contribution >= 0.6 is 0 Å². The molecule has 0 spiro atoms. The molecule has 0 heterocycles. The van der Waals surface area contributed by atoms with Crippen LogP contribution in [0, 0.1) is 11.5 Å². The highest BCUT2D eigenvalue weighted by molar-refractivity contribution is 4.77. The molecule has 3 heteroatoms. The Morgan fingerprint density at radius 2 is 2.11 bits per heavy atom. The molecule has 0 unspecified atom stereocenters. The van der Waals surface area contributed by atoms with Gasteiger partial charge in [0, 0.05) is 7.05 Å². The van der Waals surface area contributed by atoms with Gasteiger partial charge in [0.25, 0.3) is 0 Å². The Labute approximate surface area is 55.5 Å². The van der Waals surface area contributed by atoms with Crippen molar-refractivity contribution in [3.05, 3.63) is 0 Å². The summed E-state index contributed by atoms with van der Waals surface area (Å²) in [6, 6.07) is 0. The van der Waals surface area contributed by atoms with Crippen molar-refractivity contribution < 1.29 is 5.11 Å². The summed E-state index contributed by atoms with van der Waals surface area (Å²) in [6.07, 6.45) is 1.89. The van der Waals surface area contributed by atoms with E-state index in [0.29, 0.717) is 6.54 Å². The Balaban J connectivity index is 3.63. The van der Waals surface area contributed by atoms with Crippen molar-refractivity contribution in [2.45, 2.75) is 19.4 Å². The number of nitriles is 1. The van der Waals surface area contributed by atoms with E-state index in [4.69, 9.17) is 10.4 Å². The minimum absolute atomic E-state index is 0.378. The fourth-order valence-electron chi connectivity index (χ4n) is 0.616. The number of rotatable bonds is 2. The van der Waals surface area contributed by atoms with Crippen molar-refractivity contribution in [1.82, 2.24) is 4.90 Å². The summed E-state index contributed by atoms with van der Waals surface area (Å²) in [4.78, 5) is 1.39. The van der Waals surface area contributed by atoms with Crippen LogP contribution in [0.5, 0.6) is 0 Å². The fraction of sp³-hybridized carbons (Fsp3) is 0.833. The van der Waals surface area contributed by atoms with E-state index in [1.165, 1.54) is 4.90 Å². The van der Waals surface area contributed by atoms with E-state index in [9.17, 15) is 0 Å². The average Bonchev–Trinajstić information content (AvgIpc) is 1.62. The van der Waals surface area contributed by atoms with E-state index in [-0.39, 0.29) is 0 Å². The molecule has 0 saturated carbocycles. The summed E-state index contributed by atoms with van der Waals surface area (Å²) in [5.74, 6) is 0. The predicted molar refractivity (Wildman–Crippen MR) is 34.5 cm³/mol. The first kappa shape index (κ1) is 8.25. The van der Waals surface area contributed by atoms with Gasteiger partial charge in [-0.15, -0.1) is 0 Å². The van der Waals surface area contributed by atoms with Gasteiger partial charge >= 0.3 is 0 Å². The second-order valence-electron chi connectivity index (χ2n) is 2.77. The molecule has 9 heavy (non-hydrogen) atoms. The van der Waals surface area contributed by atoms with E-state index in [1.807, 2.05) is 6.19 Å². The summed E-state index contributed by atoms with van der Waals surface area (Å²) in [5, 5.41) is 17.4. The van der Waals surface area contributed by atoms with Gasteiger partial charge in [0.15, 0.2) is 6.19 Å². The van der Waals surface area contributed by atoms with Crippen LogP contribution in [0.2, 0.25) is 0 Å². The van der Waals surface area contributed by atoms with Crippen molar-refractivity contribution >= 4 is 0 Å². The zero-order valence-electron chi connectivity index (χ0n) is 6.05. The summed E-state index contributed by atoms with van der Waals surface area (Å²) < 4.78 is 0. The normalized spacial score (nSPS) is 10.6. The van der Waals surface area contributed by atoms with Crippen molar-refractivity contribution in [3.63, 3.8) is 0 Å². The highest BCUT2D eigenvalue weighted by atomic mass is 16.3. The molecule has 52 valence electrons. The smallest absolute Gasteiger partial charge is 0.179 e. The van der Waals surface area contributed by atoms with Crippen LogP contribution in [-0.4, -0.2) is 29.2 Å². The summed E-state index contributed by atoms with van der Waals surface area (Å²) in [5.41, 5.74) is -0.773. The molecule has 1 N–H and O–H groups in total. The van der Waals surface area contributed by atoms with Crippen LogP contribution in [0.1, 0.15) is 13.8 Å². The van der Waals surface area contributed by atoms with Crippen LogP contribution in [0.3, 0.4) is 0 Å². The molecule has 0 amide bonds. The van der Waals surface area contributed by atoms with Gasteiger partial charge in [-0.3, -0.25) is 0 Å². The average molecular weight is 128 g/mol. The zero-order valence-corrected chi connectivity index (χ0v) is 6.05. The molecule has 0 aromatic rings. The van der Waals surface area contributed by atoms with Crippen LogP contribution in [0.25, 0.3) is 0 Å². The summed E-state index contributed by atoms with van der Waals surface area (Å²) >= 11 is 0. The Morgan fingerprint density at radius 1 is 1.67 bits per heavy atom. The molecule has 0 fully saturated rings. The lowest BCUT2D eigenvalue weighted by atomic mass is 10.1. The SMILES string of the molecule is CN(C#N)CC(C)(C)O. The number of likely N-dealkylation sites (N-methyl/N-ethyl adjacent to an activating group) is 1. The van der Waals surface area contributed by atoms with Crippen molar-refractivity contribution in [2.75, 3.05) is 13.6 Å². The Kier molecular flexibility index (Phi) is 2.47. The molecular weight excluding hydrogens is 116 g/mol. The molecule has 0 rings (SSSR count). The van der Waals surface area contributed by atoms with Gasteiger partial charge in [-0.05, 0) is 13.8 Å². The van der Waals surface area contributed by atoms with Gasteiger partial charge in [0.05, 0.1) is 12.1 Å². The molecule has 0 radical (unpaired) electrons. The lowest BCUT2D eigenvalue weighted by Crippen LogP contribution is -2.33. The molecule has 3 nitrogen and oxygen atoms in total. The van der Waals surface area contributed by atoms with Crippen LogP contribution < -0.4 is 0 Å². The lowest BCUT2D eigenvalue weighted by molar-refractivity contribution is 0.0587. The first-order valence-corrected chi connectivity index (χ1v) is 2.79. The summed E-state index contributed by atoms with van der Waals surface area (Å²) in [6.45, 7) is 3.71. The van der Waals surface area contributed by atoms with Gasteiger partial charge in [-0.25, -0.2) is 0 Å². The van der Waals surface area contributed by atoms with E-state index < -0.39 is 5.60 Å². The third kappa shape index (κ3) is 5.12. The van der Waals surface area contributed by atoms with Crippen molar-refractivity contribution in [1.29, 1.82) is 5.26 Å². The molecule has 0 aliphatic rings. The Morgan fingerprint density at radius 3 is 2.22 bits per heavy atom. The first-order valence-electron chi connectivity index (χ1n) is 2.79. The predicted octanol–water partition coefficient (Wildman–Crippen LogP) is 0.170. The second kappa shape index (κ2) is 2.70. The third-order valence-corrected chi connectivity index (χ3v) is 0.795. The topological polar surface area (TPSA) is 47.3 Å². The zero-order chi connectivity index (χ0) is 7.49. The largest absolute Gasteiger partial charge is 0.389 e. The number of aliphatic hydroxyl groups is 1. The highest BCUT2D eigenvalue weighted by Gasteiger charge is 2.13. The van der Waals surface area contributed by atoms with E-state index in [0.717, 1.165) is 0 Å². The van der Waals surface area contributed by atoms with Crippen molar-refractivity contribution in [2.24, 2.45) is 0 Å². The van der Waals surface area contributed by atoms with Gasteiger partial charge in [0.2, 0.25) is 0 Å². The molecule has 0 saturated heterocycles. The van der Waals surface area contributed by atoms with Gasteiger partial charge in [-0.2, -0.15) is 5.26 Å². The number of hydrogen-bond donors (Lipinski definition) is 1. The minimum atomic E-state index is -0.773. The monoisotopic (exact) mass is 128 g/mol. The lowest BCUT2D eigenvalue weighted by Gasteiger charge is -2.20. The van der Waals surface area contributed by atoms with E-state index in [2.05, 4.69) is 0 Å². The van der Waals surface area contributed by atoms with E-state index in [1.54, 1.807) is 20.9 Å².